The van der Waals surface area contributed by atoms with Crippen molar-refractivity contribution in [2.45, 2.75) is 24.3 Å². The van der Waals surface area contributed by atoms with Crippen molar-refractivity contribution in [3.05, 3.63) is 12.4 Å². The van der Waals surface area contributed by atoms with E-state index < -0.39 is 10.0 Å². The number of aromatic nitrogens is 2. The molecule has 2 atom stereocenters. The Hall–Kier alpha value is -1.25. The van der Waals surface area contributed by atoms with Crippen LogP contribution in [0.2, 0.25) is 0 Å². The summed E-state index contributed by atoms with van der Waals surface area (Å²) in [5, 5.41) is 2.76. The molecule has 112 valence electrons. The van der Waals surface area contributed by atoms with Gasteiger partial charge in [-0.1, -0.05) is 6.92 Å². The molecule has 1 aliphatic rings. The summed E-state index contributed by atoms with van der Waals surface area (Å²) in [6, 6.07) is -0.0415. The first kappa shape index (κ1) is 15.1. The number of piperidine rings is 1. The van der Waals surface area contributed by atoms with Crippen LogP contribution in [0.15, 0.2) is 17.3 Å². The average molecular weight is 299 g/mol. The van der Waals surface area contributed by atoms with Gasteiger partial charge in [0.1, 0.15) is 4.90 Å². The van der Waals surface area contributed by atoms with E-state index in [9.17, 15) is 8.42 Å². The number of hydrogen-bond acceptors (Lipinski definition) is 6. The molecule has 7 nitrogen and oxygen atoms in total. The predicted octanol–water partition coefficient (Wildman–Crippen LogP) is 0.137. The molecule has 1 aromatic rings. The third-order valence-corrected chi connectivity index (χ3v) is 5.02. The fraction of sp³-hybridized carbons (Fsp3) is 0.667. The van der Waals surface area contributed by atoms with Crippen LogP contribution in [0.5, 0.6) is 0 Å². The molecule has 8 heteroatoms. The molecule has 0 saturated carbocycles. The average Bonchev–Trinajstić information content (AvgIpc) is 2.42. The standard InChI is InChI=1S/C12H21N5O2S/c1-9-8-17(3)5-4-11(9)16-20(18,19)10-6-14-12(13-2)15-7-10/h6-7,9,11,16H,4-5,8H2,1-3H3,(H,13,14,15). The van der Waals surface area contributed by atoms with Gasteiger partial charge in [0.05, 0.1) is 12.4 Å². The molecule has 2 unspecified atom stereocenters. The van der Waals surface area contributed by atoms with Gasteiger partial charge in [-0.25, -0.2) is 23.1 Å². The van der Waals surface area contributed by atoms with Gasteiger partial charge in [0.25, 0.3) is 0 Å². The van der Waals surface area contributed by atoms with Gasteiger partial charge in [-0.3, -0.25) is 0 Å². The smallest absolute Gasteiger partial charge is 0.243 e. The largest absolute Gasteiger partial charge is 0.357 e. The van der Waals surface area contributed by atoms with Crippen molar-refractivity contribution in [1.82, 2.24) is 19.6 Å². The second-order valence-electron chi connectivity index (χ2n) is 5.25. The van der Waals surface area contributed by atoms with E-state index in [1.807, 2.05) is 7.05 Å². The van der Waals surface area contributed by atoms with Crippen LogP contribution in [0, 0.1) is 5.92 Å². The molecule has 20 heavy (non-hydrogen) atoms. The van der Waals surface area contributed by atoms with Gasteiger partial charge in [0.2, 0.25) is 16.0 Å². The van der Waals surface area contributed by atoms with Crippen LogP contribution in [0.3, 0.4) is 0 Å². The van der Waals surface area contributed by atoms with Gasteiger partial charge in [-0.2, -0.15) is 0 Å². The van der Waals surface area contributed by atoms with Crippen molar-refractivity contribution in [1.29, 1.82) is 0 Å². The van der Waals surface area contributed by atoms with Crippen LogP contribution in [-0.4, -0.2) is 56.5 Å². The number of sulfonamides is 1. The highest BCUT2D eigenvalue weighted by molar-refractivity contribution is 7.89. The number of nitrogens with zero attached hydrogens (tertiary/aromatic N) is 3. The predicted molar refractivity (Wildman–Crippen MR) is 77.0 cm³/mol. The highest BCUT2D eigenvalue weighted by Crippen LogP contribution is 2.18. The summed E-state index contributed by atoms with van der Waals surface area (Å²) in [4.78, 5) is 10.2. The SMILES string of the molecule is CNc1ncc(S(=O)(=O)NC2CCN(C)CC2C)cn1. The first-order valence-corrected chi connectivity index (χ1v) is 8.11. The summed E-state index contributed by atoms with van der Waals surface area (Å²) in [5.74, 6) is 0.678. The minimum Gasteiger partial charge on any atom is -0.357 e. The number of anilines is 1. The Morgan fingerprint density at radius 2 is 2.00 bits per heavy atom. The Morgan fingerprint density at radius 1 is 1.35 bits per heavy atom. The van der Waals surface area contributed by atoms with Gasteiger partial charge >= 0.3 is 0 Å². The summed E-state index contributed by atoms with van der Waals surface area (Å²) in [5.41, 5.74) is 0. The van der Waals surface area contributed by atoms with E-state index in [1.165, 1.54) is 12.4 Å². The lowest BCUT2D eigenvalue weighted by Gasteiger charge is -2.34. The number of rotatable bonds is 4. The second-order valence-corrected chi connectivity index (χ2v) is 6.96. The molecule has 0 bridgehead atoms. The van der Waals surface area contributed by atoms with Crippen LogP contribution in [-0.2, 0) is 10.0 Å². The Bertz CT molecular complexity index is 545. The van der Waals surface area contributed by atoms with Crippen molar-refractivity contribution in [2.75, 3.05) is 32.5 Å². The molecule has 0 radical (unpaired) electrons. The molecule has 0 aliphatic carbocycles. The van der Waals surface area contributed by atoms with E-state index in [0.29, 0.717) is 5.95 Å². The fourth-order valence-electron chi connectivity index (χ4n) is 2.38. The van der Waals surface area contributed by atoms with Crippen molar-refractivity contribution < 1.29 is 8.42 Å². The van der Waals surface area contributed by atoms with Gasteiger partial charge in [0.15, 0.2) is 0 Å². The Kier molecular flexibility index (Phi) is 4.56. The molecular weight excluding hydrogens is 278 g/mol. The highest BCUT2D eigenvalue weighted by atomic mass is 32.2. The Labute approximate surface area is 119 Å². The summed E-state index contributed by atoms with van der Waals surface area (Å²) >= 11 is 0. The molecule has 0 aromatic carbocycles. The molecular formula is C12H21N5O2S. The maximum Gasteiger partial charge on any atom is 0.243 e. The third kappa shape index (κ3) is 3.44. The Balaban J connectivity index is 2.10. The molecule has 1 saturated heterocycles. The van der Waals surface area contributed by atoms with Crippen molar-refractivity contribution >= 4 is 16.0 Å². The van der Waals surface area contributed by atoms with Crippen LogP contribution < -0.4 is 10.0 Å². The quantitative estimate of drug-likeness (QED) is 0.822. The molecule has 0 spiro atoms. The zero-order valence-electron chi connectivity index (χ0n) is 12.0. The van der Waals surface area contributed by atoms with Crippen LogP contribution in [0.4, 0.5) is 5.95 Å². The lowest BCUT2D eigenvalue weighted by molar-refractivity contribution is 0.188. The van der Waals surface area contributed by atoms with Gasteiger partial charge in [-0.05, 0) is 25.9 Å². The van der Waals surface area contributed by atoms with Gasteiger partial charge in [0, 0.05) is 19.6 Å². The molecule has 0 amide bonds. The van der Waals surface area contributed by atoms with Crippen molar-refractivity contribution in [3.63, 3.8) is 0 Å². The summed E-state index contributed by atoms with van der Waals surface area (Å²) < 4.78 is 27.4. The number of nitrogens with one attached hydrogen (secondary N) is 2. The van der Waals surface area contributed by atoms with Crippen molar-refractivity contribution in [3.8, 4) is 0 Å². The summed E-state index contributed by atoms with van der Waals surface area (Å²) in [6.45, 7) is 3.85. The minimum atomic E-state index is -3.56. The number of hydrogen-bond donors (Lipinski definition) is 2. The molecule has 1 fully saturated rings. The first-order chi connectivity index (χ1) is 9.42. The zero-order valence-corrected chi connectivity index (χ0v) is 12.8. The zero-order chi connectivity index (χ0) is 14.8. The molecule has 2 heterocycles. The van der Waals surface area contributed by atoms with Gasteiger partial charge < -0.3 is 10.2 Å². The fourth-order valence-corrected chi connectivity index (χ4v) is 3.65. The molecule has 2 N–H and O–H groups in total. The summed E-state index contributed by atoms with van der Waals surface area (Å²) in [6.07, 6.45) is 3.45. The molecule has 1 aromatic heterocycles. The number of likely N-dealkylation sites (tertiary alicyclic amines) is 1. The monoisotopic (exact) mass is 299 g/mol. The van der Waals surface area contributed by atoms with Crippen LogP contribution in [0.25, 0.3) is 0 Å². The Morgan fingerprint density at radius 3 is 2.55 bits per heavy atom. The first-order valence-electron chi connectivity index (χ1n) is 6.63. The van der Waals surface area contributed by atoms with E-state index in [-0.39, 0.29) is 16.9 Å². The molecule has 1 aliphatic heterocycles. The van der Waals surface area contributed by atoms with Crippen molar-refractivity contribution in [2.24, 2.45) is 5.92 Å². The maximum atomic E-state index is 12.3. The maximum absolute atomic E-state index is 12.3. The third-order valence-electron chi connectivity index (χ3n) is 3.58. The van der Waals surface area contributed by atoms with E-state index >= 15 is 0 Å². The second kappa shape index (κ2) is 6.02. The van der Waals surface area contributed by atoms with Crippen LogP contribution in [0.1, 0.15) is 13.3 Å². The highest BCUT2D eigenvalue weighted by Gasteiger charge is 2.28. The van der Waals surface area contributed by atoms with E-state index in [0.717, 1.165) is 19.5 Å². The molecule has 2 rings (SSSR count). The lowest BCUT2D eigenvalue weighted by atomic mass is 9.95. The normalized spacial score (nSPS) is 24.6. The topological polar surface area (TPSA) is 87.2 Å². The van der Waals surface area contributed by atoms with Gasteiger partial charge in [-0.15, -0.1) is 0 Å². The van der Waals surface area contributed by atoms with E-state index in [2.05, 4.69) is 31.8 Å². The summed E-state index contributed by atoms with van der Waals surface area (Å²) in [7, 11) is 0.173. The van der Waals surface area contributed by atoms with E-state index in [4.69, 9.17) is 0 Å². The van der Waals surface area contributed by atoms with Crippen LogP contribution >= 0.6 is 0 Å². The minimum absolute atomic E-state index is 0.0415. The van der Waals surface area contributed by atoms with E-state index in [1.54, 1.807) is 7.05 Å². The lowest BCUT2D eigenvalue weighted by Crippen LogP contribution is -2.48.